The van der Waals surface area contributed by atoms with Crippen LogP contribution in [0, 0.1) is 0 Å². The van der Waals surface area contributed by atoms with Gasteiger partial charge in [0.25, 0.3) is 0 Å². The molecule has 6 heteroatoms. The summed E-state index contributed by atoms with van der Waals surface area (Å²) in [6.07, 6.45) is -0.772. The maximum atomic E-state index is 12.1. The van der Waals surface area contributed by atoms with Gasteiger partial charge in [0.1, 0.15) is 6.10 Å². The third-order valence-corrected chi connectivity index (χ3v) is 4.64. The summed E-state index contributed by atoms with van der Waals surface area (Å²) in [5.74, 6) is -0.0621. The van der Waals surface area contributed by atoms with E-state index in [2.05, 4.69) is 0 Å². The van der Waals surface area contributed by atoms with Crippen LogP contribution in [0.2, 0.25) is 14.4 Å². The van der Waals surface area contributed by atoms with Crippen molar-refractivity contribution in [1.82, 2.24) is 0 Å². The fourth-order valence-electron chi connectivity index (χ4n) is 1.87. The molecule has 1 aromatic carbocycles. The second kappa shape index (κ2) is 5.08. The van der Waals surface area contributed by atoms with Gasteiger partial charge in [-0.1, -0.05) is 40.9 Å². The third kappa shape index (κ3) is 2.67. The summed E-state index contributed by atoms with van der Waals surface area (Å²) in [4.78, 5) is 12.7. The number of ether oxygens (including phenoxy) is 1. The quantitative estimate of drug-likeness (QED) is 0.582. The van der Waals surface area contributed by atoms with Crippen LogP contribution in [0.4, 0.5) is 0 Å². The van der Waals surface area contributed by atoms with Crippen molar-refractivity contribution in [3.05, 3.63) is 55.2 Å². The first-order chi connectivity index (χ1) is 9.06. The average Bonchev–Trinajstić information content (AvgIpc) is 3.02. The monoisotopic (exact) mass is 332 g/mol. The molecule has 3 rings (SSSR count). The predicted octanol–water partition coefficient (Wildman–Crippen LogP) is 5.03. The van der Waals surface area contributed by atoms with E-state index >= 15 is 0 Å². The number of Topliss-reactive ketones (excluding diaryl/α,β-unsaturated/α-hetero) is 1. The smallest absolute Gasteiger partial charge is 0.204 e. The van der Waals surface area contributed by atoms with Crippen LogP contribution in [0.15, 0.2) is 30.3 Å². The predicted molar refractivity (Wildman–Crippen MR) is 77.7 cm³/mol. The van der Waals surface area contributed by atoms with Crippen LogP contribution < -0.4 is 0 Å². The molecule has 0 unspecified atom stereocenters. The van der Waals surface area contributed by atoms with Gasteiger partial charge < -0.3 is 4.74 Å². The first-order valence-corrected chi connectivity index (χ1v) is 7.41. The number of hydrogen-bond acceptors (Lipinski definition) is 3. The van der Waals surface area contributed by atoms with E-state index in [1.165, 1.54) is 11.3 Å². The number of halogens is 3. The minimum atomic E-state index is -0.478. The van der Waals surface area contributed by atoms with Crippen LogP contribution in [0.25, 0.3) is 0 Å². The van der Waals surface area contributed by atoms with E-state index in [9.17, 15) is 4.79 Å². The van der Waals surface area contributed by atoms with Gasteiger partial charge in [0.2, 0.25) is 5.78 Å². The molecule has 2 aromatic rings. The topological polar surface area (TPSA) is 29.6 Å². The number of epoxide rings is 1. The molecule has 0 amide bonds. The molecule has 19 heavy (non-hydrogen) atoms. The van der Waals surface area contributed by atoms with Crippen molar-refractivity contribution in [2.24, 2.45) is 0 Å². The minimum Gasteiger partial charge on any atom is -0.356 e. The fraction of sp³-hybridized carbons (Fsp3) is 0.154. The molecule has 0 N–H and O–H groups in total. The molecular formula is C13H7Cl3O2S. The molecule has 2 atom stereocenters. The van der Waals surface area contributed by atoms with Crippen molar-refractivity contribution in [1.29, 1.82) is 0 Å². The first kappa shape index (κ1) is 13.4. The number of benzene rings is 1. The third-order valence-electron chi connectivity index (χ3n) is 2.84. The van der Waals surface area contributed by atoms with Gasteiger partial charge >= 0.3 is 0 Å². The molecule has 1 fully saturated rings. The average molecular weight is 334 g/mol. The van der Waals surface area contributed by atoms with Crippen molar-refractivity contribution in [2.75, 3.05) is 0 Å². The van der Waals surface area contributed by atoms with Crippen LogP contribution in [-0.2, 0) is 4.74 Å². The number of ketones is 1. The highest BCUT2D eigenvalue weighted by Crippen LogP contribution is 2.44. The Kier molecular flexibility index (Phi) is 3.58. The van der Waals surface area contributed by atoms with Gasteiger partial charge in [0.05, 0.1) is 9.21 Å². The first-order valence-electron chi connectivity index (χ1n) is 5.46. The number of hydrogen-bond donors (Lipinski definition) is 0. The summed E-state index contributed by atoms with van der Waals surface area (Å²) < 4.78 is 6.02. The second-order valence-electron chi connectivity index (χ2n) is 4.11. The standard InChI is InChI=1S/C13H7Cl3O2S/c14-6-1-2-7(8(15)5-6)12-13(18-12)11(17)9-3-4-10(16)19-9/h1-5,12-13H/t12-,13+/m1/s1. The minimum absolute atomic E-state index is 0.0621. The SMILES string of the molecule is O=C(c1ccc(Cl)s1)[C@@H]1O[C@@H]1c1ccc(Cl)cc1Cl. The Bertz CT molecular complexity index is 653. The number of rotatable bonds is 3. The summed E-state index contributed by atoms with van der Waals surface area (Å²) in [6, 6.07) is 8.56. The van der Waals surface area contributed by atoms with E-state index in [4.69, 9.17) is 39.5 Å². The van der Waals surface area contributed by atoms with Gasteiger partial charge in [0, 0.05) is 15.6 Å². The lowest BCUT2D eigenvalue weighted by molar-refractivity contribution is 0.0957. The van der Waals surface area contributed by atoms with E-state index in [1.807, 2.05) is 0 Å². The van der Waals surface area contributed by atoms with E-state index in [0.29, 0.717) is 19.3 Å². The highest BCUT2D eigenvalue weighted by molar-refractivity contribution is 7.18. The molecular weight excluding hydrogens is 327 g/mol. The van der Waals surface area contributed by atoms with Crippen molar-refractivity contribution >= 4 is 51.9 Å². The van der Waals surface area contributed by atoms with Crippen LogP contribution in [-0.4, -0.2) is 11.9 Å². The lowest BCUT2D eigenvalue weighted by Gasteiger charge is -2.00. The van der Waals surface area contributed by atoms with Gasteiger partial charge in [-0.25, -0.2) is 0 Å². The van der Waals surface area contributed by atoms with E-state index < -0.39 is 6.10 Å². The molecule has 1 saturated heterocycles. The Labute approximate surface area is 128 Å². The summed E-state index contributed by atoms with van der Waals surface area (Å²) in [6.45, 7) is 0. The zero-order valence-corrected chi connectivity index (χ0v) is 12.5. The van der Waals surface area contributed by atoms with E-state index in [0.717, 1.165) is 5.56 Å². The van der Waals surface area contributed by atoms with Crippen molar-refractivity contribution in [3.63, 3.8) is 0 Å². The molecule has 0 saturated carbocycles. The highest BCUT2D eigenvalue weighted by Gasteiger charge is 2.47. The van der Waals surface area contributed by atoms with Crippen molar-refractivity contribution < 1.29 is 9.53 Å². The molecule has 0 aliphatic carbocycles. The van der Waals surface area contributed by atoms with Gasteiger partial charge in [0.15, 0.2) is 6.10 Å². The number of carbonyl (C=O) groups excluding carboxylic acids is 1. The molecule has 1 aromatic heterocycles. The van der Waals surface area contributed by atoms with E-state index in [-0.39, 0.29) is 11.9 Å². The number of thiophene rings is 1. The zero-order chi connectivity index (χ0) is 13.6. The van der Waals surface area contributed by atoms with Crippen molar-refractivity contribution in [2.45, 2.75) is 12.2 Å². The molecule has 2 heterocycles. The molecule has 1 aliphatic heterocycles. The lowest BCUT2D eigenvalue weighted by atomic mass is 10.1. The summed E-state index contributed by atoms with van der Waals surface area (Å²) in [7, 11) is 0. The molecule has 0 spiro atoms. The molecule has 0 bridgehead atoms. The van der Waals surface area contributed by atoms with Crippen LogP contribution in [0.3, 0.4) is 0 Å². The van der Waals surface area contributed by atoms with Crippen LogP contribution in [0.5, 0.6) is 0 Å². The maximum Gasteiger partial charge on any atom is 0.204 e. The summed E-state index contributed by atoms with van der Waals surface area (Å²) in [5.41, 5.74) is 0.784. The highest BCUT2D eigenvalue weighted by atomic mass is 35.5. The maximum absolute atomic E-state index is 12.1. The van der Waals surface area contributed by atoms with Crippen molar-refractivity contribution in [3.8, 4) is 0 Å². The Morgan fingerprint density at radius 3 is 2.58 bits per heavy atom. The van der Waals surface area contributed by atoms with Crippen LogP contribution >= 0.6 is 46.1 Å². The van der Waals surface area contributed by atoms with Crippen LogP contribution in [0.1, 0.15) is 21.3 Å². The molecule has 0 radical (unpaired) electrons. The Morgan fingerprint density at radius 2 is 1.95 bits per heavy atom. The van der Waals surface area contributed by atoms with Gasteiger partial charge in [-0.05, 0) is 24.3 Å². The lowest BCUT2D eigenvalue weighted by Crippen LogP contribution is -2.06. The van der Waals surface area contributed by atoms with Gasteiger partial charge in [-0.2, -0.15) is 0 Å². The Balaban J connectivity index is 1.79. The van der Waals surface area contributed by atoms with Gasteiger partial charge in [-0.3, -0.25) is 4.79 Å². The molecule has 1 aliphatic rings. The summed E-state index contributed by atoms with van der Waals surface area (Å²) in [5, 5.41) is 1.07. The number of carbonyl (C=O) groups is 1. The normalized spacial score (nSPS) is 21.4. The van der Waals surface area contributed by atoms with E-state index in [1.54, 1.807) is 30.3 Å². The largest absolute Gasteiger partial charge is 0.356 e. The molecule has 2 nitrogen and oxygen atoms in total. The summed E-state index contributed by atoms with van der Waals surface area (Å²) >= 11 is 19.0. The molecule has 98 valence electrons. The van der Waals surface area contributed by atoms with Gasteiger partial charge in [-0.15, -0.1) is 11.3 Å². The fourth-order valence-corrected chi connectivity index (χ4v) is 3.39. The zero-order valence-electron chi connectivity index (χ0n) is 9.40. The second-order valence-corrected chi connectivity index (χ2v) is 6.67. The Morgan fingerprint density at radius 1 is 1.16 bits per heavy atom. The Hall–Kier alpha value is -0.580.